The Morgan fingerprint density at radius 2 is 1.70 bits per heavy atom. The Hall–Kier alpha value is -2.75. The van der Waals surface area contributed by atoms with Gasteiger partial charge in [0.2, 0.25) is 0 Å². The smallest absolute Gasteiger partial charge is 0.387 e. The van der Waals surface area contributed by atoms with E-state index < -0.39 is 23.3 Å². The standard InChI is InChI=1S/C20H22F2N4O3S/c1-20(2,3)17-23-14-13(16(27)26(5)19(28)25(14)4)15(24-17)30-10-11-6-8-12(9-7-11)29-18(21)22/h6-9,18H,10H2,1-5H3. The van der Waals surface area contributed by atoms with Crippen molar-refractivity contribution < 1.29 is 13.5 Å². The number of thioether (sulfide) groups is 1. The number of fused-ring (bicyclic) bond motifs is 1. The lowest BCUT2D eigenvalue weighted by molar-refractivity contribution is -0.0498. The molecule has 0 saturated carbocycles. The molecule has 2 aromatic heterocycles. The molecule has 10 heteroatoms. The predicted molar refractivity (Wildman–Crippen MR) is 111 cm³/mol. The molecule has 0 bridgehead atoms. The minimum Gasteiger partial charge on any atom is -0.435 e. The Bertz CT molecular complexity index is 1200. The summed E-state index contributed by atoms with van der Waals surface area (Å²) in [6, 6.07) is 6.27. The Balaban J connectivity index is 2.06. The van der Waals surface area contributed by atoms with E-state index in [1.807, 2.05) is 20.8 Å². The molecule has 0 atom stereocenters. The maximum atomic E-state index is 12.8. The molecule has 3 rings (SSSR count). The highest BCUT2D eigenvalue weighted by atomic mass is 32.2. The van der Waals surface area contributed by atoms with Gasteiger partial charge in [-0.25, -0.2) is 14.8 Å². The first-order valence-electron chi connectivity index (χ1n) is 9.14. The van der Waals surface area contributed by atoms with Crippen LogP contribution in [0.3, 0.4) is 0 Å². The van der Waals surface area contributed by atoms with Gasteiger partial charge < -0.3 is 4.74 Å². The van der Waals surface area contributed by atoms with Crippen molar-refractivity contribution in [2.24, 2.45) is 14.1 Å². The SMILES string of the molecule is Cn1c(=O)c2c(SCc3ccc(OC(F)F)cc3)nc(C(C)(C)C)nc2n(C)c1=O. The summed E-state index contributed by atoms with van der Waals surface area (Å²) < 4.78 is 31.3. The highest BCUT2D eigenvalue weighted by molar-refractivity contribution is 7.98. The first-order valence-corrected chi connectivity index (χ1v) is 10.1. The predicted octanol–water partition coefficient (Wildman–Crippen LogP) is 3.22. The number of nitrogens with zero attached hydrogens (tertiary/aromatic N) is 4. The molecule has 0 aliphatic rings. The molecule has 0 amide bonds. The number of ether oxygens (including phenoxy) is 1. The number of benzene rings is 1. The highest BCUT2D eigenvalue weighted by Gasteiger charge is 2.23. The molecule has 0 spiro atoms. The lowest BCUT2D eigenvalue weighted by atomic mass is 9.96. The van der Waals surface area contributed by atoms with E-state index in [9.17, 15) is 18.4 Å². The fourth-order valence-electron chi connectivity index (χ4n) is 2.79. The van der Waals surface area contributed by atoms with Crippen molar-refractivity contribution in [3.63, 3.8) is 0 Å². The minimum absolute atomic E-state index is 0.0742. The van der Waals surface area contributed by atoms with Crippen LogP contribution < -0.4 is 16.0 Å². The first-order chi connectivity index (χ1) is 14.0. The zero-order chi connectivity index (χ0) is 22.2. The van der Waals surface area contributed by atoms with Crippen molar-refractivity contribution in [3.8, 4) is 5.75 Å². The maximum Gasteiger partial charge on any atom is 0.387 e. The molecule has 0 fully saturated rings. The second-order valence-electron chi connectivity index (χ2n) is 7.82. The van der Waals surface area contributed by atoms with Crippen LogP contribution in [0, 0.1) is 0 Å². The van der Waals surface area contributed by atoms with Crippen LogP contribution in [0.5, 0.6) is 5.75 Å². The number of hydrogen-bond acceptors (Lipinski definition) is 6. The largest absolute Gasteiger partial charge is 0.435 e. The van der Waals surface area contributed by atoms with Crippen molar-refractivity contribution in [1.29, 1.82) is 0 Å². The number of hydrogen-bond donors (Lipinski definition) is 0. The second kappa shape index (κ2) is 8.17. The van der Waals surface area contributed by atoms with Crippen LogP contribution in [0.25, 0.3) is 11.0 Å². The molecule has 0 aliphatic carbocycles. The van der Waals surface area contributed by atoms with Crippen LogP contribution in [0.2, 0.25) is 0 Å². The van der Waals surface area contributed by atoms with Gasteiger partial charge in [0, 0.05) is 25.3 Å². The van der Waals surface area contributed by atoms with Crippen LogP contribution >= 0.6 is 11.8 Å². The van der Waals surface area contributed by atoms with Gasteiger partial charge in [-0.2, -0.15) is 8.78 Å². The van der Waals surface area contributed by atoms with Gasteiger partial charge in [-0.05, 0) is 17.7 Å². The summed E-state index contributed by atoms with van der Waals surface area (Å²) in [5, 5.41) is 0.740. The van der Waals surface area contributed by atoms with E-state index in [-0.39, 0.29) is 16.8 Å². The van der Waals surface area contributed by atoms with Crippen molar-refractivity contribution in [2.75, 3.05) is 0 Å². The summed E-state index contributed by atoms with van der Waals surface area (Å²) >= 11 is 1.32. The number of aromatic nitrogens is 4. The maximum absolute atomic E-state index is 12.8. The average molecular weight is 436 g/mol. The zero-order valence-corrected chi connectivity index (χ0v) is 18.1. The minimum atomic E-state index is -2.88. The van der Waals surface area contributed by atoms with E-state index in [1.54, 1.807) is 19.2 Å². The van der Waals surface area contributed by atoms with Crippen LogP contribution in [0.4, 0.5) is 8.78 Å². The molecule has 0 aliphatic heterocycles. The third-order valence-corrected chi connectivity index (χ3v) is 5.51. The van der Waals surface area contributed by atoms with E-state index in [0.717, 1.165) is 10.1 Å². The number of halogens is 2. The van der Waals surface area contributed by atoms with Crippen molar-refractivity contribution >= 4 is 22.8 Å². The van der Waals surface area contributed by atoms with Gasteiger partial charge in [-0.15, -0.1) is 11.8 Å². The Morgan fingerprint density at radius 1 is 1.07 bits per heavy atom. The van der Waals surface area contributed by atoms with Crippen molar-refractivity contribution in [3.05, 3.63) is 56.5 Å². The van der Waals surface area contributed by atoms with Crippen LogP contribution in [-0.4, -0.2) is 25.7 Å². The molecule has 7 nitrogen and oxygen atoms in total. The van der Waals surface area contributed by atoms with Gasteiger partial charge in [0.05, 0.1) is 0 Å². The topological polar surface area (TPSA) is 79.0 Å². The molecule has 30 heavy (non-hydrogen) atoms. The summed E-state index contributed by atoms with van der Waals surface area (Å²) in [6.45, 7) is 2.97. The molecule has 0 radical (unpaired) electrons. The fourth-order valence-corrected chi connectivity index (χ4v) is 3.76. The molecule has 0 saturated heterocycles. The molecule has 0 N–H and O–H groups in total. The van der Waals surface area contributed by atoms with Crippen LogP contribution in [0.1, 0.15) is 32.2 Å². The van der Waals surface area contributed by atoms with Gasteiger partial charge >= 0.3 is 12.3 Å². The second-order valence-corrected chi connectivity index (χ2v) is 8.78. The third kappa shape index (κ3) is 4.38. The molecular formula is C20H22F2N4O3S. The van der Waals surface area contributed by atoms with E-state index >= 15 is 0 Å². The Labute approximate surface area is 175 Å². The van der Waals surface area contributed by atoms with Gasteiger partial charge in [0.25, 0.3) is 5.56 Å². The van der Waals surface area contributed by atoms with Gasteiger partial charge in [-0.1, -0.05) is 32.9 Å². The summed E-state index contributed by atoms with van der Waals surface area (Å²) in [6.07, 6.45) is 0. The summed E-state index contributed by atoms with van der Waals surface area (Å²) in [4.78, 5) is 34.3. The summed E-state index contributed by atoms with van der Waals surface area (Å²) in [5.74, 6) is 1.03. The van der Waals surface area contributed by atoms with E-state index in [4.69, 9.17) is 0 Å². The lowest BCUT2D eigenvalue weighted by Gasteiger charge is -2.19. The lowest BCUT2D eigenvalue weighted by Crippen LogP contribution is -2.38. The van der Waals surface area contributed by atoms with Crippen LogP contribution in [-0.2, 0) is 25.3 Å². The molecule has 0 unspecified atom stereocenters. The van der Waals surface area contributed by atoms with Gasteiger partial charge in [0.15, 0.2) is 5.65 Å². The third-order valence-electron chi connectivity index (χ3n) is 4.46. The van der Waals surface area contributed by atoms with E-state index in [2.05, 4.69) is 14.7 Å². The fraction of sp³-hybridized carbons (Fsp3) is 0.400. The Morgan fingerprint density at radius 3 is 2.27 bits per heavy atom. The van der Waals surface area contributed by atoms with Crippen molar-refractivity contribution in [1.82, 2.24) is 19.1 Å². The molecule has 160 valence electrons. The average Bonchev–Trinajstić information content (AvgIpc) is 2.68. The number of rotatable bonds is 5. The first kappa shape index (κ1) is 21.9. The van der Waals surface area contributed by atoms with Crippen LogP contribution in [0.15, 0.2) is 38.9 Å². The quantitative estimate of drug-likeness (QED) is 0.451. The number of alkyl halides is 2. The molecule has 3 aromatic rings. The molecule has 2 heterocycles. The van der Waals surface area contributed by atoms with E-state index in [0.29, 0.717) is 16.6 Å². The van der Waals surface area contributed by atoms with Crippen molar-refractivity contribution in [2.45, 2.75) is 43.6 Å². The molecular weight excluding hydrogens is 414 g/mol. The summed E-state index contributed by atoms with van der Waals surface area (Å²) in [7, 11) is 2.98. The Kier molecular flexibility index (Phi) is 5.98. The van der Waals surface area contributed by atoms with Gasteiger partial charge in [0.1, 0.15) is 22.0 Å². The van der Waals surface area contributed by atoms with Gasteiger partial charge in [-0.3, -0.25) is 13.9 Å². The highest BCUT2D eigenvalue weighted by Crippen LogP contribution is 2.29. The monoisotopic (exact) mass is 436 g/mol. The zero-order valence-electron chi connectivity index (χ0n) is 17.3. The molecule has 1 aromatic carbocycles. The van der Waals surface area contributed by atoms with E-state index in [1.165, 1.54) is 35.5 Å². The summed E-state index contributed by atoms with van der Waals surface area (Å²) in [5.41, 5.74) is -0.193. The normalized spacial score (nSPS) is 12.0. The number of aryl methyl sites for hydroxylation is 1.